The Bertz CT molecular complexity index is 434. The van der Waals surface area contributed by atoms with Crippen LogP contribution in [-0.2, 0) is 10.0 Å². The minimum absolute atomic E-state index is 0.00680. The summed E-state index contributed by atoms with van der Waals surface area (Å²) in [5.74, 6) is 0.952. The fourth-order valence-electron chi connectivity index (χ4n) is 1.37. The zero-order chi connectivity index (χ0) is 12.9. The summed E-state index contributed by atoms with van der Waals surface area (Å²) in [5.41, 5.74) is 0. The van der Waals surface area contributed by atoms with E-state index in [4.69, 9.17) is 0 Å². The van der Waals surface area contributed by atoms with Crippen molar-refractivity contribution < 1.29 is 8.42 Å². The molecule has 6 heteroatoms. The minimum atomic E-state index is -3.41. The van der Waals surface area contributed by atoms with Gasteiger partial charge in [-0.1, -0.05) is 0 Å². The molecule has 0 fully saturated rings. The van der Waals surface area contributed by atoms with E-state index in [1.54, 1.807) is 37.1 Å². The second-order valence-corrected chi connectivity index (χ2v) is 6.82. The van der Waals surface area contributed by atoms with Gasteiger partial charge in [0.25, 0.3) is 0 Å². The van der Waals surface area contributed by atoms with E-state index in [-0.39, 0.29) is 10.9 Å². The third kappa shape index (κ3) is 3.69. The lowest BCUT2D eigenvalue weighted by atomic mass is 10.3. The highest BCUT2D eigenvalue weighted by Crippen LogP contribution is 2.17. The number of rotatable bonds is 6. The second-order valence-electron chi connectivity index (χ2n) is 3.84. The zero-order valence-electron chi connectivity index (χ0n) is 10.3. The Morgan fingerprint density at radius 1 is 1.53 bits per heavy atom. The van der Waals surface area contributed by atoms with Gasteiger partial charge in [-0.2, -0.15) is 16.1 Å². The van der Waals surface area contributed by atoms with Crippen LogP contribution in [-0.4, -0.2) is 42.8 Å². The summed E-state index contributed by atoms with van der Waals surface area (Å²) in [4.78, 5) is 4.09. The van der Waals surface area contributed by atoms with Crippen molar-refractivity contribution in [3.8, 4) is 0 Å². The van der Waals surface area contributed by atoms with Gasteiger partial charge in [-0.15, -0.1) is 0 Å². The van der Waals surface area contributed by atoms with Crippen LogP contribution in [0.5, 0.6) is 0 Å². The van der Waals surface area contributed by atoms with E-state index in [1.807, 2.05) is 13.2 Å². The molecule has 0 bridgehead atoms. The molecule has 0 aliphatic rings. The first-order valence-electron chi connectivity index (χ1n) is 5.37. The van der Waals surface area contributed by atoms with Crippen molar-refractivity contribution in [3.05, 3.63) is 24.5 Å². The average Bonchev–Trinajstić information content (AvgIpc) is 2.36. The summed E-state index contributed by atoms with van der Waals surface area (Å²) >= 11 is 1.72. The van der Waals surface area contributed by atoms with Gasteiger partial charge >= 0.3 is 0 Å². The normalized spacial score (nSPS) is 13.9. The molecule has 0 spiro atoms. The van der Waals surface area contributed by atoms with Crippen LogP contribution < -0.4 is 0 Å². The topological polar surface area (TPSA) is 50.3 Å². The molecule has 1 rings (SSSR count). The smallest absolute Gasteiger partial charge is 0.244 e. The Balaban J connectivity index is 2.84. The highest BCUT2D eigenvalue weighted by Gasteiger charge is 2.24. The number of hydrogen-bond acceptors (Lipinski definition) is 4. The molecule has 0 unspecified atom stereocenters. The van der Waals surface area contributed by atoms with Crippen molar-refractivity contribution in [1.82, 2.24) is 9.29 Å². The van der Waals surface area contributed by atoms with Gasteiger partial charge in [-0.25, -0.2) is 8.42 Å². The maximum Gasteiger partial charge on any atom is 0.244 e. The van der Waals surface area contributed by atoms with Crippen LogP contribution in [0.25, 0.3) is 0 Å². The van der Waals surface area contributed by atoms with E-state index in [2.05, 4.69) is 4.98 Å². The molecule has 1 aromatic heterocycles. The lowest BCUT2D eigenvalue weighted by Crippen LogP contribution is -2.35. The van der Waals surface area contributed by atoms with Crippen LogP contribution in [0.1, 0.15) is 13.3 Å². The molecule has 96 valence electrons. The summed E-state index contributed by atoms with van der Waals surface area (Å²) in [6, 6.07) is 3.19. The molecule has 0 aliphatic carbocycles. The van der Waals surface area contributed by atoms with Gasteiger partial charge in [-0.3, -0.25) is 4.98 Å². The first-order valence-corrected chi connectivity index (χ1v) is 8.20. The van der Waals surface area contributed by atoms with Crippen LogP contribution in [0.4, 0.5) is 0 Å². The first kappa shape index (κ1) is 14.5. The first-order chi connectivity index (χ1) is 8.00. The van der Waals surface area contributed by atoms with E-state index >= 15 is 0 Å². The van der Waals surface area contributed by atoms with Gasteiger partial charge in [0.1, 0.15) is 4.90 Å². The van der Waals surface area contributed by atoms with Gasteiger partial charge < -0.3 is 0 Å². The molecule has 0 saturated heterocycles. The van der Waals surface area contributed by atoms with Crippen LogP contribution in [0.2, 0.25) is 0 Å². The van der Waals surface area contributed by atoms with E-state index < -0.39 is 10.0 Å². The van der Waals surface area contributed by atoms with E-state index in [9.17, 15) is 8.42 Å². The largest absolute Gasteiger partial charge is 0.263 e. The highest BCUT2D eigenvalue weighted by molar-refractivity contribution is 7.98. The standard InChI is InChI=1S/C11H18N2O2S2/c1-10(6-8-16-3)13(2)17(14,15)11-5-4-7-12-9-11/h4-5,7,9-10H,6,8H2,1-3H3/t10-/m0/s1. The number of nitrogens with zero attached hydrogens (tertiary/aromatic N) is 2. The fraction of sp³-hybridized carbons (Fsp3) is 0.545. The Labute approximate surface area is 107 Å². The second kappa shape index (κ2) is 6.37. The quantitative estimate of drug-likeness (QED) is 0.794. The third-order valence-corrected chi connectivity index (χ3v) is 5.27. The molecule has 1 heterocycles. The molecular formula is C11H18N2O2S2. The number of pyridine rings is 1. The third-order valence-electron chi connectivity index (χ3n) is 2.67. The molecule has 1 atom stereocenters. The number of hydrogen-bond donors (Lipinski definition) is 0. The molecule has 0 amide bonds. The predicted molar refractivity (Wildman–Crippen MR) is 71.6 cm³/mol. The molecule has 0 aromatic carbocycles. The van der Waals surface area contributed by atoms with E-state index in [0.29, 0.717) is 0 Å². The Morgan fingerprint density at radius 3 is 2.76 bits per heavy atom. The summed E-state index contributed by atoms with van der Waals surface area (Å²) in [6.07, 6.45) is 5.81. The molecule has 0 radical (unpaired) electrons. The zero-order valence-corrected chi connectivity index (χ0v) is 12.0. The summed E-state index contributed by atoms with van der Waals surface area (Å²) in [5, 5.41) is 0. The van der Waals surface area contributed by atoms with Crippen LogP contribution in [0, 0.1) is 0 Å². The van der Waals surface area contributed by atoms with E-state index in [0.717, 1.165) is 12.2 Å². The monoisotopic (exact) mass is 274 g/mol. The van der Waals surface area contributed by atoms with Crippen LogP contribution >= 0.6 is 11.8 Å². The molecule has 1 aromatic rings. The van der Waals surface area contributed by atoms with Crippen LogP contribution in [0.15, 0.2) is 29.4 Å². The van der Waals surface area contributed by atoms with Gasteiger partial charge in [0.15, 0.2) is 0 Å². The van der Waals surface area contributed by atoms with Gasteiger partial charge in [0, 0.05) is 25.5 Å². The summed E-state index contributed by atoms with van der Waals surface area (Å²) in [6.45, 7) is 1.92. The summed E-state index contributed by atoms with van der Waals surface area (Å²) < 4.78 is 25.8. The molecule has 0 N–H and O–H groups in total. The van der Waals surface area contributed by atoms with Crippen molar-refractivity contribution >= 4 is 21.8 Å². The Morgan fingerprint density at radius 2 is 2.24 bits per heavy atom. The lowest BCUT2D eigenvalue weighted by Gasteiger charge is -2.23. The van der Waals surface area contributed by atoms with Crippen molar-refractivity contribution in [2.75, 3.05) is 19.1 Å². The van der Waals surface area contributed by atoms with Crippen molar-refractivity contribution in [3.63, 3.8) is 0 Å². The molecule has 0 saturated carbocycles. The predicted octanol–water partition coefficient (Wildman–Crippen LogP) is 1.84. The SMILES string of the molecule is CSCC[C@H](C)N(C)S(=O)(=O)c1cccnc1. The Hall–Kier alpha value is -0.590. The molecule has 0 aliphatic heterocycles. The number of aromatic nitrogens is 1. The maximum absolute atomic E-state index is 12.2. The van der Waals surface area contributed by atoms with E-state index in [1.165, 1.54) is 10.5 Å². The number of sulfonamides is 1. The molecular weight excluding hydrogens is 256 g/mol. The lowest BCUT2D eigenvalue weighted by molar-refractivity contribution is 0.382. The van der Waals surface area contributed by atoms with Crippen LogP contribution in [0.3, 0.4) is 0 Å². The molecule has 4 nitrogen and oxygen atoms in total. The minimum Gasteiger partial charge on any atom is -0.263 e. The van der Waals surface area contributed by atoms with Gasteiger partial charge in [0.05, 0.1) is 0 Å². The van der Waals surface area contributed by atoms with Gasteiger partial charge in [0.2, 0.25) is 10.0 Å². The van der Waals surface area contributed by atoms with Crippen molar-refractivity contribution in [1.29, 1.82) is 0 Å². The average molecular weight is 274 g/mol. The van der Waals surface area contributed by atoms with Crippen molar-refractivity contribution in [2.45, 2.75) is 24.3 Å². The van der Waals surface area contributed by atoms with Gasteiger partial charge in [-0.05, 0) is 37.5 Å². The van der Waals surface area contributed by atoms with Crippen molar-refractivity contribution in [2.24, 2.45) is 0 Å². The molecule has 17 heavy (non-hydrogen) atoms. The fourth-order valence-corrected chi connectivity index (χ4v) is 3.31. The maximum atomic E-state index is 12.2. The highest BCUT2D eigenvalue weighted by atomic mass is 32.2. The number of thioether (sulfide) groups is 1. The summed E-state index contributed by atoms with van der Waals surface area (Å²) in [7, 11) is -1.79. The Kier molecular flexibility index (Phi) is 5.42.